The Bertz CT molecular complexity index is 402. The van der Waals surface area contributed by atoms with Gasteiger partial charge >= 0.3 is 5.97 Å². The zero-order valence-electron chi connectivity index (χ0n) is 9.77. The van der Waals surface area contributed by atoms with Crippen LogP contribution in [0.4, 0.5) is 5.82 Å². The maximum atomic E-state index is 11.4. The van der Waals surface area contributed by atoms with Crippen LogP contribution in [0.15, 0.2) is 10.6 Å². The maximum absolute atomic E-state index is 11.4. The number of hydrogen-bond donors (Lipinski definition) is 2. The fourth-order valence-electron chi connectivity index (χ4n) is 1.23. The Balaban J connectivity index is 2.28. The van der Waals surface area contributed by atoms with E-state index in [-0.39, 0.29) is 18.9 Å². The van der Waals surface area contributed by atoms with Crippen LogP contribution in [0.5, 0.6) is 0 Å². The number of aliphatic carboxylic acids is 1. The molecule has 0 spiro atoms. The number of nitrogens with one attached hydrogen (secondary N) is 1. The van der Waals surface area contributed by atoms with E-state index in [9.17, 15) is 9.59 Å². The zero-order chi connectivity index (χ0) is 12.8. The van der Waals surface area contributed by atoms with Gasteiger partial charge < -0.3 is 14.9 Å². The summed E-state index contributed by atoms with van der Waals surface area (Å²) in [6, 6.07) is 1.61. The molecule has 0 aromatic carbocycles. The van der Waals surface area contributed by atoms with Crippen molar-refractivity contribution < 1.29 is 19.2 Å². The molecule has 0 radical (unpaired) electrons. The van der Waals surface area contributed by atoms with Crippen LogP contribution in [-0.4, -0.2) is 47.2 Å². The molecule has 0 unspecified atom stereocenters. The van der Waals surface area contributed by atoms with Crippen LogP contribution in [0.3, 0.4) is 0 Å². The molecule has 7 nitrogen and oxygen atoms in total. The Morgan fingerprint density at radius 3 is 2.82 bits per heavy atom. The van der Waals surface area contributed by atoms with Gasteiger partial charge in [-0.2, -0.15) is 0 Å². The third-order valence-corrected chi connectivity index (χ3v) is 2.02. The minimum absolute atomic E-state index is 0.0870. The number of rotatable bonds is 6. The molecule has 0 atom stereocenters. The molecule has 0 saturated heterocycles. The molecule has 7 heteroatoms. The van der Waals surface area contributed by atoms with E-state index in [1.165, 1.54) is 0 Å². The lowest BCUT2D eigenvalue weighted by molar-refractivity contribution is -0.138. The molecule has 0 aliphatic rings. The summed E-state index contributed by atoms with van der Waals surface area (Å²) in [7, 11) is 1.64. The van der Waals surface area contributed by atoms with Gasteiger partial charge in [0.25, 0.3) is 0 Å². The number of anilines is 1. The van der Waals surface area contributed by atoms with Crippen molar-refractivity contribution in [3.05, 3.63) is 11.8 Å². The Kier molecular flexibility index (Phi) is 4.65. The largest absolute Gasteiger partial charge is 0.480 e. The minimum Gasteiger partial charge on any atom is -0.480 e. The van der Waals surface area contributed by atoms with Crippen LogP contribution in [0, 0.1) is 6.92 Å². The smallest absolute Gasteiger partial charge is 0.317 e. The highest BCUT2D eigenvalue weighted by molar-refractivity contribution is 5.89. The lowest BCUT2D eigenvalue weighted by atomic mass is 10.3. The molecule has 0 bridgehead atoms. The zero-order valence-corrected chi connectivity index (χ0v) is 9.77. The number of likely N-dealkylation sites (N-methyl/N-ethyl adjacent to an activating group) is 1. The number of nitrogens with zero attached hydrogens (tertiary/aromatic N) is 2. The van der Waals surface area contributed by atoms with E-state index < -0.39 is 5.97 Å². The highest BCUT2D eigenvalue weighted by Crippen LogP contribution is 2.07. The van der Waals surface area contributed by atoms with E-state index in [1.807, 2.05) is 0 Å². The average Bonchev–Trinajstić information content (AvgIpc) is 2.60. The monoisotopic (exact) mass is 241 g/mol. The maximum Gasteiger partial charge on any atom is 0.317 e. The molecule has 1 heterocycles. The highest BCUT2D eigenvalue weighted by Gasteiger charge is 2.09. The summed E-state index contributed by atoms with van der Waals surface area (Å²) in [5, 5.41) is 14.7. The summed E-state index contributed by atoms with van der Waals surface area (Å²) in [4.78, 5) is 23.4. The lowest BCUT2D eigenvalue weighted by Crippen LogP contribution is -2.29. The van der Waals surface area contributed by atoms with E-state index >= 15 is 0 Å². The third kappa shape index (κ3) is 5.12. The fourth-order valence-corrected chi connectivity index (χ4v) is 1.23. The van der Waals surface area contributed by atoms with Gasteiger partial charge in [0, 0.05) is 19.0 Å². The third-order valence-electron chi connectivity index (χ3n) is 2.02. The van der Waals surface area contributed by atoms with Gasteiger partial charge in [-0.25, -0.2) is 0 Å². The number of carbonyl (C=O) groups is 2. The second-order valence-corrected chi connectivity index (χ2v) is 3.75. The van der Waals surface area contributed by atoms with Crippen LogP contribution in [0.25, 0.3) is 0 Å². The number of amides is 1. The number of aryl methyl sites for hydroxylation is 1. The summed E-state index contributed by atoms with van der Waals surface area (Å²) < 4.78 is 4.79. The van der Waals surface area contributed by atoms with Crippen molar-refractivity contribution in [3.8, 4) is 0 Å². The number of carboxylic acid groups (broad SMARTS) is 1. The first-order chi connectivity index (χ1) is 7.97. The van der Waals surface area contributed by atoms with Crippen molar-refractivity contribution in [2.75, 3.05) is 25.5 Å². The second-order valence-electron chi connectivity index (χ2n) is 3.75. The minimum atomic E-state index is -0.917. The number of carboxylic acids is 1. The van der Waals surface area contributed by atoms with E-state index in [0.717, 1.165) is 0 Å². The van der Waals surface area contributed by atoms with Crippen molar-refractivity contribution in [1.29, 1.82) is 0 Å². The first kappa shape index (κ1) is 13.2. The predicted molar refractivity (Wildman–Crippen MR) is 59.6 cm³/mol. The summed E-state index contributed by atoms with van der Waals surface area (Å²) in [6.45, 7) is 2.01. The van der Waals surface area contributed by atoms with Gasteiger partial charge in [-0.1, -0.05) is 5.16 Å². The second kappa shape index (κ2) is 6.00. The normalized spacial score (nSPS) is 10.5. The van der Waals surface area contributed by atoms with Crippen molar-refractivity contribution in [2.24, 2.45) is 0 Å². The molecule has 1 aromatic rings. The summed E-state index contributed by atoms with van der Waals surface area (Å²) in [5.41, 5.74) is 0. The Morgan fingerprint density at radius 1 is 1.59 bits per heavy atom. The van der Waals surface area contributed by atoms with Crippen molar-refractivity contribution in [1.82, 2.24) is 10.1 Å². The molecule has 0 fully saturated rings. The Morgan fingerprint density at radius 2 is 2.29 bits per heavy atom. The van der Waals surface area contributed by atoms with E-state index in [2.05, 4.69) is 10.5 Å². The average molecular weight is 241 g/mol. The topological polar surface area (TPSA) is 95.7 Å². The molecule has 0 aliphatic carbocycles. The Labute approximate surface area is 98.4 Å². The molecule has 94 valence electrons. The number of carbonyl (C=O) groups excluding carboxylic acids is 1. The van der Waals surface area contributed by atoms with Gasteiger partial charge in [0.05, 0.1) is 6.54 Å². The summed E-state index contributed by atoms with van der Waals surface area (Å²) >= 11 is 0. The van der Waals surface area contributed by atoms with E-state index in [0.29, 0.717) is 18.1 Å². The molecular formula is C10H15N3O4. The quantitative estimate of drug-likeness (QED) is 0.745. The van der Waals surface area contributed by atoms with Crippen LogP contribution >= 0.6 is 0 Å². The van der Waals surface area contributed by atoms with Crippen molar-refractivity contribution in [2.45, 2.75) is 13.3 Å². The van der Waals surface area contributed by atoms with Crippen molar-refractivity contribution >= 4 is 17.7 Å². The molecule has 0 aliphatic heterocycles. The van der Waals surface area contributed by atoms with Crippen LogP contribution in [0.1, 0.15) is 12.2 Å². The first-order valence-corrected chi connectivity index (χ1v) is 5.11. The number of hydrogen-bond acceptors (Lipinski definition) is 5. The molecule has 1 aromatic heterocycles. The summed E-state index contributed by atoms with van der Waals surface area (Å²) in [5.74, 6) is -0.160. The van der Waals surface area contributed by atoms with Gasteiger partial charge in [0.15, 0.2) is 5.82 Å². The molecule has 1 amide bonds. The van der Waals surface area contributed by atoms with E-state index in [4.69, 9.17) is 9.63 Å². The number of aromatic nitrogens is 1. The van der Waals surface area contributed by atoms with Gasteiger partial charge in [-0.3, -0.25) is 14.5 Å². The van der Waals surface area contributed by atoms with Gasteiger partial charge in [0.2, 0.25) is 5.91 Å². The van der Waals surface area contributed by atoms with Crippen LogP contribution in [0.2, 0.25) is 0 Å². The summed E-state index contributed by atoms with van der Waals surface area (Å²) in [6.07, 6.45) is 0.204. The highest BCUT2D eigenvalue weighted by atomic mass is 16.5. The lowest BCUT2D eigenvalue weighted by Gasteiger charge is -2.12. The molecular weight excluding hydrogens is 226 g/mol. The first-order valence-electron chi connectivity index (χ1n) is 5.11. The van der Waals surface area contributed by atoms with Gasteiger partial charge in [0.1, 0.15) is 5.76 Å². The van der Waals surface area contributed by atoms with Gasteiger partial charge in [-0.05, 0) is 14.0 Å². The molecule has 2 N–H and O–H groups in total. The van der Waals surface area contributed by atoms with Crippen LogP contribution < -0.4 is 5.32 Å². The van der Waals surface area contributed by atoms with E-state index in [1.54, 1.807) is 24.9 Å². The standard InChI is InChI=1S/C10H15N3O4/c1-7-5-8(12-17-7)11-9(14)3-4-13(2)6-10(15)16/h5H,3-4,6H2,1-2H3,(H,15,16)(H,11,12,14). The molecule has 1 rings (SSSR count). The van der Waals surface area contributed by atoms with Gasteiger partial charge in [-0.15, -0.1) is 0 Å². The fraction of sp³-hybridized carbons (Fsp3) is 0.500. The Hall–Kier alpha value is -1.89. The van der Waals surface area contributed by atoms with Crippen LogP contribution in [-0.2, 0) is 9.59 Å². The van der Waals surface area contributed by atoms with Crippen molar-refractivity contribution in [3.63, 3.8) is 0 Å². The molecule has 17 heavy (non-hydrogen) atoms. The molecule has 0 saturated carbocycles. The SMILES string of the molecule is Cc1cc(NC(=O)CCN(C)CC(=O)O)no1. The predicted octanol–water partition coefficient (Wildman–Crippen LogP) is 0.328.